The molecule has 0 bridgehead atoms. The van der Waals surface area contributed by atoms with Gasteiger partial charge in [0.05, 0.1) is 12.7 Å². The zero-order chi connectivity index (χ0) is 18.2. The Balaban J connectivity index is 1.86. The van der Waals surface area contributed by atoms with Crippen LogP contribution < -0.4 is 10.1 Å². The number of carbonyl (C=O) groups excluding carboxylic acids is 1. The van der Waals surface area contributed by atoms with Crippen LogP contribution in [0.3, 0.4) is 0 Å². The molecule has 0 aliphatic heterocycles. The topological polar surface area (TPSA) is 54.1 Å². The molecule has 1 aromatic heterocycles. The van der Waals surface area contributed by atoms with Gasteiger partial charge in [-0.3, -0.25) is 4.79 Å². The zero-order valence-electron chi connectivity index (χ0n) is 13.5. The molecular weight excluding hydrogens is 333 g/mol. The van der Waals surface area contributed by atoms with Crippen LogP contribution in [0.25, 0.3) is 10.9 Å². The summed E-state index contributed by atoms with van der Waals surface area (Å²) in [6.07, 6.45) is -4.41. The van der Waals surface area contributed by atoms with Crippen molar-refractivity contribution in [1.29, 1.82) is 0 Å². The number of alkyl halides is 3. The molecule has 25 heavy (non-hydrogen) atoms. The second kappa shape index (κ2) is 6.16. The molecule has 3 rings (SSSR count). The number of amides is 1. The number of aryl methyl sites for hydroxylation is 1. The number of rotatable bonds is 3. The van der Waals surface area contributed by atoms with Gasteiger partial charge in [-0.25, -0.2) is 0 Å². The van der Waals surface area contributed by atoms with Crippen LogP contribution in [0, 0.1) is 6.92 Å². The Kier molecular flexibility index (Phi) is 4.16. The fraction of sp³-hybridized carbons (Fsp3) is 0.167. The van der Waals surface area contributed by atoms with Crippen molar-refractivity contribution in [3.05, 3.63) is 59.3 Å². The van der Waals surface area contributed by atoms with Crippen LogP contribution in [0.5, 0.6) is 5.75 Å². The molecule has 2 aromatic carbocycles. The Morgan fingerprint density at radius 2 is 1.80 bits per heavy atom. The van der Waals surface area contributed by atoms with Crippen molar-refractivity contribution in [2.45, 2.75) is 13.1 Å². The minimum Gasteiger partial charge on any atom is -0.497 e. The average Bonchev–Trinajstić information content (AvgIpc) is 2.91. The molecule has 0 atom stereocenters. The van der Waals surface area contributed by atoms with E-state index in [0.29, 0.717) is 11.4 Å². The first-order chi connectivity index (χ1) is 11.8. The van der Waals surface area contributed by atoms with Crippen LogP contribution >= 0.6 is 0 Å². The molecule has 0 aliphatic rings. The van der Waals surface area contributed by atoms with Crippen molar-refractivity contribution < 1.29 is 22.7 Å². The monoisotopic (exact) mass is 348 g/mol. The van der Waals surface area contributed by atoms with E-state index in [2.05, 4.69) is 10.3 Å². The highest BCUT2D eigenvalue weighted by Gasteiger charge is 2.30. The lowest BCUT2D eigenvalue weighted by Crippen LogP contribution is -2.14. The van der Waals surface area contributed by atoms with Gasteiger partial charge in [-0.15, -0.1) is 0 Å². The van der Waals surface area contributed by atoms with Gasteiger partial charge in [-0.05, 0) is 55.0 Å². The summed E-state index contributed by atoms with van der Waals surface area (Å²) in [7, 11) is 1.56. The van der Waals surface area contributed by atoms with Crippen molar-refractivity contribution in [3.8, 4) is 5.75 Å². The third-order valence-corrected chi connectivity index (χ3v) is 3.96. The quantitative estimate of drug-likeness (QED) is 0.717. The van der Waals surface area contributed by atoms with Crippen LogP contribution in [0.1, 0.15) is 21.6 Å². The van der Waals surface area contributed by atoms with E-state index in [1.807, 2.05) is 6.07 Å². The van der Waals surface area contributed by atoms with Crippen LogP contribution in [0.15, 0.2) is 42.5 Å². The van der Waals surface area contributed by atoms with Gasteiger partial charge in [0.25, 0.3) is 5.91 Å². The number of aromatic nitrogens is 1. The number of nitrogens with one attached hydrogen (secondary N) is 2. The molecule has 1 amide bonds. The highest BCUT2D eigenvalue weighted by Crippen LogP contribution is 2.30. The first-order valence-electron chi connectivity index (χ1n) is 7.44. The maximum absolute atomic E-state index is 12.6. The van der Waals surface area contributed by atoms with Crippen LogP contribution in [0.2, 0.25) is 0 Å². The summed E-state index contributed by atoms with van der Waals surface area (Å²) in [5.41, 5.74) is 1.38. The molecule has 0 radical (unpaired) electrons. The van der Waals surface area contributed by atoms with E-state index in [0.717, 1.165) is 28.6 Å². The van der Waals surface area contributed by atoms with Gasteiger partial charge >= 0.3 is 6.18 Å². The van der Waals surface area contributed by atoms with E-state index < -0.39 is 17.6 Å². The second-order valence-corrected chi connectivity index (χ2v) is 5.57. The van der Waals surface area contributed by atoms with Crippen molar-refractivity contribution in [2.75, 3.05) is 12.4 Å². The summed E-state index contributed by atoms with van der Waals surface area (Å²) >= 11 is 0. The van der Waals surface area contributed by atoms with Crippen LogP contribution in [-0.4, -0.2) is 18.0 Å². The van der Waals surface area contributed by atoms with E-state index in [1.165, 1.54) is 12.1 Å². The van der Waals surface area contributed by atoms with Crippen LogP contribution in [-0.2, 0) is 6.18 Å². The lowest BCUT2D eigenvalue weighted by Gasteiger charge is -2.08. The third-order valence-electron chi connectivity index (χ3n) is 3.96. The molecule has 0 fully saturated rings. The highest BCUT2D eigenvalue weighted by atomic mass is 19.4. The summed E-state index contributed by atoms with van der Waals surface area (Å²) in [6.45, 7) is 1.79. The number of fused-ring (bicyclic) bond motifs is 1. The predicted octanol–water partition coefficient (Wildman–Crippen LogP) is 4.76. The lowest BCUT2D eigenvalue weighted by molar-refractivity contribution is -0.137. The summed E-state index contributed by atoms with van der Waals surface area (Å²) in [6, 6.07) is 9.70. The van der Waals surface area contributed by atoms with Crippen molar-refractivity contribution in [1.82, 2.24) is 4.98 Å². The van der Waals surface area contributed by atoms with E-state index in [9.17, 15) is 18.0 Å². The number of aromatic amines is 1. The molecule has 0 unspecified atom stereocenters. The van der Waals surface area contributed by atoms with E-state index in [4.69, 9.17) is 4.74 Å². The van der Waals surface area contributed by atoms with Gasteiger partial charge in [0.15, 0.2) is 0 Å². The van der Waals surface area contributed by atoms with Crippen molar-refractivity contribution in [2.24, 2.45) is 0 Å². The first kappa shape index (κ1) is 16.9. The summed E-state index contributed by atoms with van der Waals surface area (Å²) in [5.74, 6) is 0.247. The van der Waals surface area contributed by atoms with Gasteiger partial charge in [0, 0.05) is 16.6 Å². The number of methoxy groups -OCH3 is 1. The Labute approximate surface area is 141 Å². The molecule has 0 spiro atoms. The van der Waals surface area contributed by atoms with Gasteiger partial charge in [0.2, 0.25) is 0 Å². The van der Waals surface area contributed by atoms with Gasteiger partial charge in [-0.1, -0.05) is 0 Å². The number of hydrogen-bond acceptors (Lipinski definition) is 2. The van der Waals surface area contributed by atoms with E-state index in [-0.39, 0.29) is 5.69 Å². The molecule has 3 aromatic rings. The molecule has 0 saturated heterocycles. The molecule has 1 heterocycles. The van der Waals surface area contributed by atoms with Crippen LogP contribution in [0.4, 0.5) is 18.9 Å². The molecule has 4 nitrogen and oxygen atoms in total. The number of ether oxygens (including phenoxy) is 1. The highest BCUT2D eigenvalue weighted by molar-refractivity contribution is 6.08. The number of carbonyl (C=O) groups is 1. The van der Waals surface area contributed by atoms with Crippen molar-refractivity contribution in [3.63, 3.8) is 0 Å². The molecule has 0 saturated carbocycles. The number of anilines is 1. The Hall–Kier alpha value is -2.96. The predicted molar refractivity (Wildman–Crippen MR) is 89.0 cm³/mol. The summed E-state index contributed by atoms with van der Waals surface area (Å²) < 4.78 is 42.9. The van der Waals surface area contributed by atoms with Gasteiger partial charge in [0.1, 0.15) is 11.4 Å². The number of benzene rings is 2. The van der Waals surface area contributed by atoms with E-state index >= 15 is 0 Å². The first-order valence-corrected chi connectivity index (χ1v) is 7.44. The summed E-state index contributed by atoms with van der Waals surface area (Å²) in [4.78, 5) is 15.5. The lowest BCUT2D eigenvalue weighted by atomic mass is 10.1. The minimum absolute atomic E-state index is 0.286. The SMILES string of the molecule is COc1ccc2[nH]c(C(=O)Nc3ccc(C(F)(F)F)cc3)c(C)c2c1. The Morgan fingerprint density at radius 3 is 2.40 bits per heavy atom. The smallest absolute Gasteiger partial charge is 0.416 e. The Bertz CT molecular complexity index is 928. The van der Waals surface area contributed by atoms with Crippen molar-refractivity contribution >= 4 is 22.5 Å². The van der Waals surface area contributed by atoms with E-state index in [1.54, 1.807) is 26.2 Å². The number of H-pyrrole nitrogens is 1. The zero-order valence-corrected chi connectivity index (χ0v) is 13.5. The summed E-state index contributed by atoms with van der Waals surface area (Å²) in [5, 5.41) is 3.44. The molecular formula is C18H15F3N2O2. The number of halogens is 3. The maximum Gasteiger partial charge on any atom is 0.416 e. The Morgan fingerprint density at radius 1 is 1.12 bits per heavy atom. The molecule has 2 N–H and O–H groups in total. The third kappa shape index (κ3) is 3.31. The molecule has 7 heteroatoms. The largest absolute Gasteiger partial charge is 0.497 e. The number of hydrogen-bond donors (Lipinski definition) is 2. The minimum atomic E-state index is -4.41. The fourth-order valence-corrected chi connectivity index (χ4v) is 2.60. The maximum atomic E-state index is 12.6. The van der Waals surface area contributed by atoms with Gasteiger partial charge < -0.3 is 15.0 Å². The van der Waals surface area contributed by atoms with Gasteiger partial charge in [-0.2, -0.15) is 13.2 Å². The molecule has 0 aliphatic carbocycles. The second-order valence-electron chi connectivity index (χ2n) is 5.57. The molecule has 130 valence electrons. The average molecular weight is 348 g/mol. The fourth-order valence-electron chi connectivity index (χ4n) is 2.60. The standard InChI is InChI=1S/C18H15F3N2O2/c1-10-14-9-13(25-2)7-8-15(14)23-16(10)17(24)22-12-5-3-11(4-6-12)18(19,20)21/h3-9,23H,1-2H3,(H,22,24). The normalized spacial score (nSPS) is 11.6.